The van der Waals surface area contributed by atoms with Gasteiger partial charge in [-0.25, -0.2) is 0 Å². The summed E-state index contributed by atoms with van der Waals surface area (Å²) in [6, 6.07) is 14.3. The van der Waals surface area contributed by atoms with Crippen LogP contribution >= 0.6 is 0 Å². The van der Waals surface area contributed by atoms with E-state index in [1.165, 1.54) is 23.6 Å². The number of hydrogen-bond acceptors (Lipinski definition) is 2. The maximum Gasteiger partial charge on any atom is 0.221 e. The van der Waals surface area contributed by atoms with Gasteiger partial charge in [-0.1, -0.05) is 18.2 Å². The van der Waals surface area contributed by atoms with Gasteiger partial charge in [-0.2, -0.15) is 0 Å². The Morgan fingerprint density at radius 3 is 2.10 bits per heavy atom. The minimum absolute atomic E-state index is 0.0499. The second kappa shape index (κ2) is 6.24. The molecule has 3 heteroatoms. The van der Waals surface area contributed by atoms with Crippen molar-refractivity contribution in [1.82, 2.24) is 0 Å². The van der Waals surface area contributed by atoms with Crippen molar-refractivity contribution in [2.45, 2.75) is 27.3 Å². The number of amides is 1. The zero-order valence-corrected chi connectivity index (χ0v) is 12.2. The van der Waals surface area contributed by atoms with Crippen molar-refractivity contribution in [3.8, 4) is 0 Å². The molecule has 0 unspecified atom stereocenters. The Bertz CT molecular complexity index is 583. The molecule has 0 aromatic heterocycles. The summed E-state index contributed by atoms with van der Waals surface area (Å²) in [4.78, 5) is 10.9. The minimum atomic E-state index is -0.0499. The molecule has 2 aromatic rings. The molecule has 0 bridgehead atoms. The number of nitrogens with one attached hydrogen (secondary N) is 2. The highest BCUT2D eigenvalue weighted by molar-refractivity contribution is 5.88. The fourth-order valence-corrected chi connectivity index (χ4v) is 2.19. The SMILES string of the molecule is CC(=O)Nc1ccc(CNc2cc(C)cc(C)c2)cc1. The lowest BCUT2D eigenvalue weighted by molar-refractivity contribution is -0.114. The van der Waals surface area contributed by atoms with E-state index in [4.69, 9.17) is 0 Å². The Labute approximate surface area is 120 Å². The van der Waals surface area contributed by atoms with Gasteiger partial charge >= 0.3 is 0 Å². The molecule has 104 valence electrons. The van der Waals surface area contributed by atoms with Crippen LogP contribution in [0, 0.1) is 13.8 Å². The van der Waals surface area contributed by atoms with Gasteiger partial charge in [-0.15, -0.1) is 0 Å². The van der Waals surface area contributed by atoms with E-state index < -0.39 is 0 Å². The summed E-state index contributed by atoms with van der Waals surface area (Å²) in [5.74, 6) is -0.0499. The number of carbonyl (C=O) groups excluding carboxylic acids is 1. The van der Waals surface area contributed by atoms with Crippen molar-refractivity contribution in [1.29, 1.82) is 0 Å². The molecule has 0 aliphatic rings. The van der Waals surface area contributed by atoms with Gasteiger partial charge in [0.05, 0.1) is 0 Å². The maximum absolute atomic E-state index is 10.9. The summed E-state index contributed by atoms with van der Waals surface area (Å²) < 4.78 is 0. The van der Waals surface area contributed by atoms with Gasteiger partial charge in [0.25, 0.3) is 0 Å². The highest BCUT2D eigenvalue weighted by Crippen LogP contribution is 2.16. The Balaban J connectivity index is 1.98. The van der Waals surface area contributed by atoms with Crippen molar-refractivity contribution in [2.75, 3.05) is 10.6 Å². The average Bonchev–Trinajstić information content (AvgIpc) is 2.36. The third-order valence-corrected chi connectivity index (χ3v) is 2.99. The van der Waals surface area contributed by atoms with Crippen LogP contribution in [0.5, 0.6) is 0 Å². The molecule has 20 heavy (non-hydrogen) atoms. The van der Waals surface area contributed by atoms with E-state index in [1.807, 2.05) is 24.3 Å². The summed E-state index contributed by atoms with van der Waals surface area (Å²) in [6.45, 7) is 6.47. The number of rotatable bonds is 4. The molecule has 0 aliphatic carbocycles. The number of anilines is 2. The Kier molecular flexibility index (Phi) is 4.41. The lowest BCUT2D eigenvalue weighted by Crippen LogP contribution is -2.06. The standard InChI is InChI=1S/C17H20N2O/c1-12-8-13(2)10-17(9-12)18-11-15-4-6-16(7-5-15)19-14(3)20/h4-10,18H,11H2,1-3H3,(H,19,20). The van der Waals surface area contributed by atoms with Crippen LogP contribution in [-0.2, 0) is 11.3 Å². The summed E-state index contributed by atoms with van der Waals surface area (Å²) in [5, 5.41) is 6.18. The summed E-state index contributed by atoms with van der Waals surface area (Å²) >= 11 is 0. The Morgan fingerprint density at radius 2 is 1.55 bits per heavy atom. The zero-order chi connectivity index (χ0) is 14.5. The van der Waals surface area contributed by atoms with E-state index in [0.717, 1.165) is 17.9 Å². The molecule has 2 rings (SSSR count). The van der Waals surface area contributed by atoms with E-state index in [-0.39, 0.29) is 5.91 Å². The third-order valence-electron chi connectivity index (χ3n) is 2.99. The molecule has 0 saturated heterocycles. The molecule has 0 spiro atoms. The molecular weight excluding hydrogens is 248 g/mol. The quantitative estimate of drug-likeness (QED) is 0.883. The third kappa shape index (κ3) is 4.12. The van der Waals surface area contributed by atoms with Gasteiger partial charge in [0.2, 0.25) is 5.91 Å². The molecule has 3 nitrogen and oxygen atoms in total. The second-order valence-corrected chi connectivity index (χ2v) is 5.11. The van der Waals surface area contributed by atoms with Crippen LogP contribution < -0.4 is 10.6 Å². The van der Waals surface area contributed by atoms with Crippen LogP contribution in [0.1, 0.15) is 23.6 Å². The molecule has 0 heterocycles. The number of hydrogen-bond donors (Lipinski definition) is 2. The summed E-state index contributed by atoms with van der Waals surface area (Å²) in [5.41, 5.74) is 5.65. The van der Waals surface area contributed by atoms with E-state index in [0.29, 0.717) is 0 Å². The van der Waals surface area contributed by atoms with Gasteiger partial charge in [0.1, 0.15) is 0 Å². The molecule has 0 aliphatic heterocycles. The molecule has 2 N–H and O–H groups in total. The molecular formula is C17H20N2O. The smallest absolute Gasteiger partial charge is 0.221 e. The van der Waals surface area contributed by atoms with E-state index >= 15 is 0 Å². The monoisotopic (exact) mass is 268 g/mol. The summed E-state index contributed by atoms with van der Waals surface area (Å²) in [6.07, 6.45) is 0. The molecule has 0 saturated carbocycles. The molecule has 0 radical (unpaired) electrons. The van der Waals surface area contributed by atoms with Crippen molar-refractivity contribution >= 4 is 17.3 Å². The molecule has 2 aromatic carbocycles. The van der Waals surface area contributed by atoms with Crippen LogP contribution in [0.2, 0.25) is 0 Å². The largest absolute Gasteiger partial charge is 0.381 e. The summed E-state index contributed by atoms with van der Waals surface area (Å²) in [7, 11) is 0. The highest BCUT2D eigenvalue weighted by Gasteiger charge is 1.98. The first-order valence-electron chi connectivity index (χ1n) is 6.71. The van der Waals surface area contributed by atoms with Crippen molar-refractivity contribution in [3.63, 3.8) is 0 Å². The van der Waals surface area contributed by atoms with Crippen LogP contribution in [-0.4, -0.2) is 5.91 Å². The number of aryl methyl sites for hydroxylation is 2. The first-order chi connectivity index (χ1) is 9.52. The maximum atomic E-state index is 10.9. The number of carbonyl (C=O) groups is 1. The van der Waals surface area contributed by atoms with Gasteiger partial charge in [0.15, 0.2) is 0 Å². The van der Waals surface area contributed by atoms with Crippen LogP contribution in [0.15, 0.2) is 42.5 Å². The predicted molar refractivity (Wildman–Crippen MR) is 84.0 cm³/mol. The van der Waals surface area contributed by atoms with Crippen LogP contribution in [0.4, 0.5) is 11.4 Å². The van der Waals surface area contributed by atoms with Crippen LogP contribution in [0.3, 0.4) is 0 Å². The normalized spacial score (nSPS) is 10.2. The van der Waals surface area contributed by atoms with Gasteiger partial charge in [0, 0.05) is 24.8 Å². The van der Waals surface area contributed by atoms with E-state index in [1.54, 1.807) is 0 Å². The average molecular weight is 268 g/mol. The number of benzene rings is 2. The first kappa shape index (κ1) is 14.1. The first-order valence-corrected chi connectivity index (χ1v) is 6.71. The second-order valence-electron chi connectivity index (χ2n) is 5.11. The van der Waals surface area contributed by atoms with E-state index in [9.17, 15) is 4.79 Å². The van der Waals surface area contributed by atoms with Crippen LogP contribution in [0.25, 0.3) is 0 Å². The lowest BCUT2D eigenvalue weighted by Gasteiger charge is -2.09. The van der Waals surface area contributed by atoms with Crippen molar-refractivity contribution in [2.24, 2.45) is 0 Å². The Hall–Kier alpha value is -2.29. The topological polar surface area (TPSA) is 41.1 Å². The van der Waals surface area contributed by atoms with Gasteiger partial charge in [-0.05, 0) is 54.8 Å². The molecule has 0 fully saturated rings. The molecule has 0 atom stereocenters. The Morgan fingerprint density at radius 1 is 0.950 bits per heavy atom. The predicted octanol–water partition coefficient (Wildman–Crippen LogP) is 3.87. The fourth-order valence-electron chi connectivity index (χ4n) is 2.19. The molecule has 1 amide bonds. The van der Waals surface area contributed by atoms with Gasteiger partial charge in [-0.3, -0.25) is 4.79 Å². The lowest BCUT2D eigenvalue weighted by atomic mass is 10.1. The van der Waals surface area contributed by atoms with Crippen molar-refractivity contribution < 1.29 is 4.79 Å². The van der Waals surface area contributed by atoms with E-state index in [2.05, 4.69) is 42.7 Å². The highest BCUT2D eigenvalue weighted by atomic mass is 16.1. The zero-order valence-electron chi connectivity index (χ0n) is 12.2. The van der Waals surface area contributed by atoms with Crippen molar-refractivity contribution in [3.05, 3.63) is 59.2 Å². The minimum Gasteiger partial charge on any atom is -0.381 e. The van der Waals surface area contributed by atoms with Gasteiger partial charge < -0.3 is 10.6 Å². The fraction of sp³-hybridized carbons (Fsp3) is 0.235.